The zero-order chi connectivity index (χ0) is 13.1. The fourth-order valence-corrected chi connectivity index (χ4v) is 1.95. The number of carbonyl (C=O) groups excluding carboxylic acids is 1. The summed E-state index contributed by atoms with van der Waals surface area (Å²) in [7, 11) is 0. The quantitative estimate of drug-likeness (QED) is 0.726. The molecule has 0 saturated carbocycles. The van der Waals surface area contributed by atoms with Gasteiger partial charge in [0.25, 0.3) is 0 Å². The number of carbonyl (C=O) groups is 1. The minimum absolute atomic E-state index is 0.0319. The third kappa shape index (κ3) is 2.83. The van der Waals surface area contributed by atoms with Crippen LogP contribution in [0.25, 0.3) is 0 Å². The van der Waals surface area contributed by atoms with E-state index in [0.29, 0.717) is 13.0 Å². The molecule has 1 aromatic carbocycles. The molecule has 4 N–H and O–H groups in total. The molecule has 1 aromatic rings. The monoisotopic (exact) mass is 255 g/mol. The number of hydrogen-bond acceptors (Lipinski definition) is 3. The third-order valence-corrected chi connectivity index (χ3v) is 2.97. The van der Waals surface area contributed by atoms with Crippen LogP contribution in [0.4, 0.5) is 8.78 Å². The highest BCUT2D eigenvalue weighted by molar-refractivity contribution is 5.82. The van der Waals surface area contributed by atoms with E-state index in [4.69, 9.17) is 5.73 Å². The number of amides is 1. The van der Waals surface area contributed by atoms with Crippen LogP contribution in [-0.4, -0.2) is 24.5 Å². The number of nitrogens with one attached hydrogen (secondary N) is 2. The number of hydrogen-bond donors (Lipinski definition) is 3. The lowest BCUT2D eigenvalue weighted by molar-refractivity contribution is -0.122. The van der Waals surface area contributed by atoms with Gasteiger partial charge in [-0.25, -0.2) is 8.78 Å². The molecule has 0 bridgehead atoms. The predicted octanol–water partition coefficient (Wildman–Crippen LogP) is 0.270. The molecule has 1 aliphatic heterocycles. The molecule has 0 radical (unpaired) electrons. The SMILES string of the molecule is N[C@@H]1CN[C@H](C(=O)NCc2cccc(F)c2F)C1. The van der Waals surface area contributed by atoms with Crippen molar-refractivity contribution in [3.05, 3.63) is 35.4 Å². The van der Waals surface area contributed by atoms with E-state index in [-0.39, 0.29) is 30.1 Å². The maximum atomic E-state index is 13.3. The summed E-state index contributed by atoms with van der Waals surface area (Å²) in [5.41, 5.74) is 5.79. The van der Waals surface area contributed by atoms with Crippen LogP contribution in [0.15, 0.2) is 18.2 Å². The highest BCUT2D eigenvalue weighted by Gasteiger charge is 2.26. The van der Waals surface area contributed by atoms with Crippen LogP contribution in [0.3, 0.4) is 0 Å². The third-order valence-electron chi connectivity index (χ3n) is 2.97. The summed E-state index contributed by atoms with van der Waals surface area (Å²) in [6.07, 6.45) is 0.553. The highest BCUT2D eigenvalue weighted by atomic mass is 19.2. The summed E-state index contributed by atoms with van der Waals surface area (Å²) in [6.45, 7) is 0.558. The predicted molar refractivity (Wildman–Crippen MR) is 62.6 cm³/mol. The summed E-state index contributed by atoms with van der Waals surface area (Å²) < 4.78 is 26.3. The van der Waals surface area contributed by atoms with Gasteiger partial charge in [0, 0.05) is 24.7 Å². The van der Waals surface area contributed by atoms with Crippen LogP contribution in [0.2, 0.25) is 0 Å². The Balaban J connectivity index is 1.91. The molecule has 1 amide bonds. The Labute approximate surface area is 104 Å². The average molecular weight is 255 g/mol. The van der Waals surface area contributed by atoms with E-state index in [0.717, 1.165) is 6.07 Å². The molecule has 4 nitrogen and oxygen atoms in total. The van der Waals surface area contributed by atoms with Gasteiger partial charge in [-0.15, -0.1) is 0 Å². The molecule has 1 saturated heterocycles. The zero-order valence-electron chi connectivity index (χ0n) is 9.75. The van der Waals surface area contributed by atoms with Crippen LogP contribution < -0.4 is 16.4 Å². The van der Waals surface area contributed by atoms with Crippen molar-refractivity contribution in [1.29, 1.82) is 0 Å². The van der Waals surface area contributed by atoms with Crippen molar-refractivity contribution in [2.45, 2.75) is 25.0 Å². The van der Waals surface area contributed by atoms with E-state index < -0.39 is 11.6 Å². The van der Waals surface area contributed by atoms with Crippen LogP contribution in [0.5, 0.6) is 0 Å². The molecule has 6 heteroatoms. The minimum atomic E-state index is -0.922. The van der Waals surface area contributed by atoms with Crippen LogP contribution >= 0.6 is 0 Å². The van der Waals surface area contributed by atoms with Gasteiger partial charge in [0.15, 0.2) is 11.6 Å². The second-order valence-electron chi connectivity index (χ2n) is 4.39. The van der Waals surface area contributed by atoms with Crippen molar-refractivity contribution in [1.82, 2.24) is 10.6 Å². The smallest absolute Gasteiger partial charge is 0.237 e. The van der Waals surface area contributed by atoms with Gasteiger partial charge in [0.2, 0.25) is 5.91 Å². The maximum absolute atomic E-state index is 13.3. The van der Waals surface area contributed by atoms with Gasteiger partial charge in [0.05, 0.1) is 6.04 Å². The van der Waals surface area contributed by atoms with E-state index >= 15 is 0 Å². The molecule has 18 heavy (non-hydrogen) atoms. The Morgan fingerprint density at radius 2 is 2.28 bits per heavy atom. The molecule has 2 atom stereocenters. The Hall–Kier alpha value is -1.53. The Bertz CT molecular complexity index is 453. The number of nitrogens with two attached hydrogens (primary N) is 1. The summed E-state index contributed by atoms with van der Waals surface area (Å²) in [4.78, 5) is 11.7. The molecule has 2 rings (SSSR count). The van der Waals surface area contributed by atoms with Gasteiger partial charge in [0.1, 0.15) is 0 Å². The average Bonchev–Trinajstić information content (AvgIpc) is 2.77. The van der Waals surface area contributed by atoms with Crippen molar-refractivity contribution >= 4 is 5.91 Å². The van der Waals surface area contributed by atoms with E-state index in [9.17, 15) is 13.6 Å². The van der Waals surface area contributed by atoms with Gasteiger partial charge in [-0.2, -0.15) is 0 Å². The Kier molecular flexibility index (Phi) is 3.88. The second-order valence-corrected chi connectivity index (χ2v) is 4.39. The standard InChI is InChI=1S/C12H15F2N3O/c13-9-3-1-2-7(11(9)14)5-17-12(18)10-4-8(15)6-16-10/h1-3,8,10,16H,4-6,15H2,(H,17,18)/t8-,10-/m0/s1. The number of benzene rings is 1. The lowest BCUT2D eigenvalue weighted by Gasteiger charge is -2.11. The molecule has 0 aliphatic carbocycles. The lowest BCUT2D eigenvalue weighted by Crippen LogP contribution is -2.40. The molecular weight excluding hydrogens is 240 g/mol. The molecule has 0 aromatic heterocycles. The molecule has 98 valence electrons. The first-order chi connectivity index (χ1) is 8.58. The fraction of sp³-hybridized carbons (Fsp3) is 0.417. The molecule has 1 heterocycles. The second kappa shape index (κ2) is 5.41. The van der Waals surface area contributed by atoms with Crippen molar-refractivity contribution in [2.24, 2.45) is 5.73 Å². The first-order valence-electron chi connectivity index (χ1n) is 5.77. The number of rotatable bonds is 3. The fourth-order valence-electron chi connectivity index (χ4n) is 1.95. The van der Waals surface area contributed by atoms with Crippen molar-refractivity contribution in [2.75, 3.05) is 6.54 Å². The maximum Gasteiger partial charge on any atom is 0.237 e. The molecule has 1 fully saturated rings. The summed E-state index contributed by atoms with van der Waals surface area (Å²) in [5, 5.41) is 5.53. The van der Waals surface area contributed by atoms with Crippen molar-refractivity contribution < 1.29 is 13.6 Å². The highest BCUT2D eigenvalue weighted by Crippen LogP contribution is 2.11. The lowest BCUT2D eigenvalue weighted by atomic mass is 10.1. The van der Waals surface area contributed by atoms with E-state index in [1.54, 1.807) is 0 Å². The van der Waals surface area contributed by atoms with E-state index in [2.05, 4.69) is 10.6 Å². The number of halogens is 2. The van der Waals surface area contributed by atoms with Crippen LogP contribution in [0.1, 0.15) is 12.0 Å². The van der Waals surface area contributed by atoms with Gasteiger partial charge in [-0.05, 0) is 12.5 Å². The normalized spacial score (nSPS) is 23.1. The van der Waals surface area contributed by atoms with Gasteiger partial charge < -0.3 is 16.4 Å². The van der Waals surface area contributed by atoms with Crippen LogP contribution in [0, 0.1) is 11.6 Å². The molecule has 1 aliphatic rings. The van der Waals surface area contributed by atoms with Crippen molar-refractivity contribution in [3.63, 3.8) is 0 Å². The largest absolute Gasteiger partial charge is 0.351 e. The minimum Gasteiger partial charge on any atom is -0.351 e. The van der Waals surface area contributed by atoms with Crippen LogP contribution in [-0.2, 0) is 11.3 Å². The summed E-state index contributed by atoms with van der Waals surface area (Å²) in [6, 6.07) is 3.50. The molecular formula is C12H15F2N3O. The van der Waals surface area contributed by atoms with Crippen molar-refractivity contribution in [3.8, 4) is 0 Å². The summed E-state index contributed by atoms with van der Waals surface area (Å²) >= 11 is 0. The van der Waals surface area contributed by atoms with Gasteiger partial charge in [-0.3, -0.25) is 4.79 Å². The van der Waals surface area contributed by atoms with E-state index in [1.807, 2.05) is 0 Å². The Morgan fingerprint density at radius 1 is 1.50 bits per heavy atom. The first kappa shape index (κ1) is 12.9. The van der Waals surface area contributed by atoms with Gasteiger partial charge in [-0.1, -0.05) is 12.1 Å². The summed E-state index contributed by atoms with van der Waals surface area (Å²) in [5.74, 6) is -2.08. The van der Waals surface area contributed by atoms with E-state index in [1.165, 1.54) is 12.1 Å². The zero-order valence-corrected chi connectivity index (χ0v) is 9.75. The topological polar surface area (TPSA) is 67.1 Å². The first-order valence-corrected chi connectivity index (χ1v) is 5.77. The molecule has 0 unspecified atom stereocenters. The molecule has 0 spiro atoms. The Morgan fingerprint density at radius 3 is 2.94 bits per heavy atom. The van der Waals surface area contributed by atoms with Gasteiger partial charge >= 0.3 is 0 Å².